The number of hydrogen-bond acceptors (Lipinski definition) is 8. The number of carbonyl (C=O) groups is 2. The minimum Gasteiger partial charge on any atom is -0.503 e. The fraction of sp³-hybridized carbons (Fsp3) is 0.250. The van der Waals surface area contributed by atoms with Gasteiger partial charge in [-0.1, -0.05) is 18.2 Å². The molecule has 13 heteroatoms. The van der Waals surface area contributed by atoms with Crippen LogP contribution in [0.15, 0.2) is 55.6 Å². The van der Waals surface area contributed by atoms with Gasteiger partial charge in [-0.3, -0.25) is 4.79 Å². The van der Waals surface area contributed by atoms with Gasteiger partial charge in [0.15, 0.2) is 23.2 Å². The summed E-state index contributed by atoms with van der Waals surface area (Å²) in [6.45, 7) is 3.34. The number of hydrogen-bond donors (Lipinski definition) is 4. The molecule has 1 amide bonds. The summed E-state index contributed by atoms with van der Waals surface area (Å²) in [6.07, 6.45) is 1.39. The summed E-state index contributed by atoms with van der Waals surface area (Å²) in [6, 6.07) is 7.93. The number of thiocarbonyl (C=S) groups is 1. The Morgan fingerprint density at radius 2 is 1.97 bits per heavy atom. The molecule has 0 saturated carbocycles. The Labute approximate surface area is 235 Å². The van der Waals surface area contributed by atoms with E-state index >= 15 is 0 Å². The number of rotatable bonds is 9. The molecule has 1 aliphatic rings. The molecule has 1 heterocycles. The average Bonchev–Trinajstić information content (AvgIpc) is 2.87. The number of amides is 1. The maximum atomic E-state index is 12.7. The summed E-state index contributed by atoms with van der Waals surface area (Å²) in [5, 5.41) is 20.4. The van der Waals surface area contributed by atoms with Crippen molar-refractivity contribution in [2.75, 3.05) is 20.3 Å². The molecule has 1 atom stereocenters. The second-order valence-corrected chi connectivity index (χ2v) is 9.55. The standard InChI is InChI=1S/C24H24Br2N4O6S/c1-4-35-23(33)18-12(2)28-24(37)29-21(18)14-7-5-6-8-15(14)36-11-17(31)30-27-10-13-9-16(34-3)22(32)20(26)19(13)25/h5-10,21,32H,4,11H2,1-3H3,(H,30,31)(H2,28,29,37)/t21-/m1/s1. The van der Waals surface area contributed by atoms with Gasteiger partial charge in [-0.15, -0.1) is 0 Å². The number of benzene rings is 2. The van der Waals surface area contributed by atoms with Gasteiger partial charge in [0.1, 0.15) is 5.75 Å². The summed E-state index contributed by atoms with van der Waals surface area (Å²) in [5.41, 5.74) is 4.48. The van der Waals surface area contributed by atoms with Crippen molar-refractivity contribution in [3.05, 3.63) is 61.7 Å². The second kappa shape index (κ2) is 12.9. The summed E-state index contributed by atoms with van der Waals surface area (Å²) in [7, 11) is 1.42. The predicted octanol–water partition coefficient (Wildman–Crippen LogP) is 3.81. The van der Waals surface area contributed by atoms with Gasteiger partial charge in [-0.2, -0.15) is 5.10 Å². The van der Waals surface area contributed by atoms with Crippen LogP contribution in [0.1, 0.15) is 31.0 Å². The zero-order valence-electron chi connectivity index (χ0n) is 20.1. The number of para-hydroxylation sites is 1. The smallest absolute Gasteiger partial charge is 0.338 e. The quantitative estimate of drug-likeness (QED) is 0.138. The van der Waals surface area contributed by atoms with E-state index in [0.29, 0.717) is 42.2 Å². The SMILES string of the molecule is CCOC(=O)C1=C(C)NC(=S)N[C@@H]1c1ccccc1OCC(=O)NN=Cc1cc(OC)c(O)c(Br)c1Br. The van der Waals surface area contributed by atoms with Crippen molar-refractivity contribution in [1.82, 2.24) is 16.1 Å². The molecule has 2 aromatic rings. The van der Waals surface area contributed by atoms with E-state index in [1.54, 1.807) is 44.2 Å². The van der Waals surface area contributed by atoms with Gasteiger partial charge >= 0.3 is 5.97 Å². The maximum absolute atomic E-state index is 12.7. The van der Waals surface area contributed by atoms with E-state index < -0.39 is 17.9 Å². The van der Waals surface area contributed by atoms with Crippen LogP contribution in [0.25, 0.3) is 0 Å². The van der Waals surface area contributed by atoms with Crippen molar-refractivity contribution in [2.24, 2.45) is 5.10 Å². The molecule has 10 nitrogen and oxygen atoms in total. The highest BCUT2D eigenvalue weighted by Crippen LogP contribution is 2.41. The number of phenols is 1. The summed E-state index contributed by atoms with van der Waals surface area (Å²) < 4.78 is 17.0. The van der Waals surface area contributed by atoms with Crippen LogP contribution in [0.3, 0.4) is 0 Å². The van der Waals surface area contributed by atoms with Crippen LogP contribution in [-0.4, -0.2) is 48.6 Å². The number of aromatic hydroxyl groups is 1. The lowest BCUT2D eigenvalue weighted by Gasteiger charge is -2.30. The van der Waals surface area contributed by atoms with Crippen LogP contribution in [0.4, 0.5) is 0 Å². The Bertz CT molecular complexity index is 1280. The van der Waals surface area contributed by atoms with Crippen molar-refractivity contribution in [3.63, 3.8) is 0 Å². The summed E-state index contributed by atoms with van der Waals surface area (Å²) in [5.74, 6) is -0.451. The normalized spacial score (nSPS) is 15.2. The highest BCUT2D eigenvalue weighted by atomic mass is 79.9. The number of ether oxygens (including phenoxy) is 3. The highest BCUT2D eigenvalue weighted by molar-refractivity contribution is 9.13. The first-order chi connectivity index (χ1) is 17.7. The number of hydrazone groups is 1. The largest absolute Gasteiger partial charge is 0.503 e. The third-order valence-electron chi connectivity index (χ3n) is 5.14. The lowest BCUT2D eigenvalue weighted by Crippen LogP contribution is -2.45. The number of esters is 1. The van der Waals surface area contributed by atoms with Gasteiger partial charge < -0.3 is 30.0 Å². The van der Waals surface area contributed by atoms with E-state index in [-0.39, 0.29) is 24.7 Å². The Hall–Kier alpha value is -3.16. The average molecular weight is 656 g/mol. The lowest BCUT2D eigenvalue weighted by atomic mass is 9.95. The monoisotopic (exact) mass is 654 g/mol. The second-order valence-electron chi connectivity index (χ2n) is 7.55. The zero-order chi connectivity index (χ0) is 27.1. The molecule has 0 fully saturated rings. The Balaban J connectivity index is 1.73. The van der Waals surface area contributed by atoms with Crippen LogP contribution in [0.5, 0.6) is 17.2 Å². The van der Waals surface area contributed by atoms with Gasteiger partial charge in [0.2, 0.25) is 0 Å². The molecular weight excluding hydrogens is 632 g/mol. The molecule has 2 aromatic carbocycles. The molecule has 0 saturated heterocycles. The van der Waals surface area contributed by atoms with E-state index in [4.69, 9.17) is 26.4 Å². The predicted molar refractivity (Wildman–Crippen MR) is 149 cm³/mol. The molecule has 0 radical (unpaired) electrons. The highest BCUT2D eigenvalue weighted by Gasteiger charge is 2.32. The van der Waals surface area contributed by atoms with Crippen LogP contribution in [0.2, 0.25) is 0 Å². The number of phenolic OH excluding ortho intramolecular Hbond substituents is 1. The van der Waals surface area contributed by atoms with Crippen LogP contribution >= 0.6 is 44.1 Å². The number of nitrogens with one attached hydrogen (secondary N) is 3. The Morgan fingerprint density at radius 1 is 1.24 bits per heavy atom. The van der Waals surface area contributed by atoms with E-state index in [0.717, 1.165) is 0 Å². The molecule has 0 aliphatic carbocycles. The van der Waals surface area contributed by atoms with E-state index in [1.165, 1.54) is 13.3 Å². The van der Waals surface area contributed by atoms with Gasteiger partial charge in [-0.25, -0.2) is 10.2 Å². The van der Waals surface area contributed by atoms with Gasteiger partial charge in [0.05, 0.1) is 36.0 Å². The fourth-order valence-corrected chi connectivity index (χ4v) is 4.57. The fourth-order valence-electron chi connectivity index (χ4n) is 3.47. The van der Waals surface area contributed by atoms with Crippen LogP contribution in [0, 0.1) is 0 Å². The molecule has 4 N–H and O–H groups in total. The maximum Gasteiger partial charge on any atom is 0.338 e. The number of allylic oxidation sites excluding steroid dienone is 1. The molecule has 37 heavy (non-hydrogen) atoms. The number of halogens is 2. The van der Waals surface area contributed by atoms with Crippen molar-refractivity contribution in [3.8, 4) is 17.2 Å². The first-order valence-electron chi connectivity index (χ1n) is 10.9. The topological polar surface area (TPSA) is 131 Å². The molecule has 196 valence electrons. The lowest BCUT2D eigenvalue weighted by molar-refractivity contribution is -0.139. The third kappa shape index (κ3) is 6.79. The van der Waals surface area contributed by atoms with E-state index in [2.05, 4.69) is 53.0 Å². The van der Waals surface area contributed by atoms with Crippen molar-refractivity contribution in [2.45, 2.75) is 19.9 Å². The Morgan fingerprint density at radius 3 is 2.68 bits per heavy atom. The van der Waals surface area contributed by atoms with Gasteiger partial charge in [0.25, 0.3) is 5.91 Å². The van der Waals surface area contributed by atoms with Crippen molar-refractivity contribution < 1.29 is 28.9 Å². The third-order valence-corrected chi connectivity index (χ3v) is 7.52. The Kier molecular flexibility index (Phi) is 9.89. The molecule has 0 unspecified atom stereocenters. The molecule has 3 rings (SSSR count). The molecular formula is C24H24Br2N4O6S. The van der Waals surface area contributed by atoms with Gasteiger partial charge in [0, 0.05) is 21.3 Å². The van der Waals surface area contributed by atoms with Gasteiger partial charge in [-0.05, 0) is 70.1 Å². The molecule has 0 aromatic heterocycles. The summed E-state index contributed by atoms with van der Waals surface area (Å²) >= 11 is 11.9. The van der Waals surface area contributed by atoms with Crippen LogP contribution in [-0.2, 0) is 14.3 Å². The van der Waals surface area contributed by atoms with E-state index in [9.17, 15) is 14.7 Å². The minimum atomic E-state index is -0.634. The molecule has 1 aliphatic heterocycles. The number of methoxy groups -OCH3 is 1. The van der Waals surface area contributed by atoms with Crippen molar-refractivity contribution >= 4 is 67.3 Å². The summed E-state index contributed by atoms with van der Waals surface area (Å²) in [4.78, 5) is 25.1. The van der Waals surface area contributed by atoms with Crippen molar-refractivity contribution in [1.29, 1.82) is 0 Å². The van der Waals surface area contributed by atoms with Crippen LogP contribution < -0.4 is 25.5 Å². The first-order valence-corrected chi connectivity index (χ1v) is 12.9. The number of nitrogens with zero attached hydrogens (tertiary/aromatic N) is 1. The first kappa shape index (κ1) is 28.4. The molecule has 0 spiro atoms. The zero-order valence-corrected chi connectivity index (χ0v) is 24.0. The van der Waals surface area contributed by atoms with E-state index in [1.807, 2.05) is 0 Å². The minimum absolute atomic E-state index is 0.0669. The molecule has 0 bridgehead atoms. The number of carbonyl (C=O) groups excluding carboxylic acids is 2.